The van der Waals surface area contributed by atoms with Gasteiger partial charge in [0.15, 0.2) is 0 Å². The smallest absolute Gasteiger partial charge is 0.349 e. The van der Waals surface area contributed by atoms with Crippen molar-refractivity contribution >= 4 is 22.8 Å². The minimum Gasteiger partial charge on any atom is -0.422 e. The fraction of sp³-hybridized carbons (Fsp3) is 0.267. The number of carbonyl (C=O) groups is 2. The molecule has 6 heteroatoms. The molecular formula is C15H14N2O4. The Morgan fingerprint density at radius 1 is 1.24 bits per heavy atom. The van der Waals surface area contributed by atoms with E-state index in [2.05, 4.69) is 5.32 Å². The third kappa shape index (κ3) is 2.65. The van der Waals surface area contributed by atoms with Crippen molar-refractivity contribution in [1.29, 1.82) is 0 Å². The molecule has 0 bridgehead atoms. The molecule has 0 unspecified atom stereocenters. The van der Waals surface area contributed by atoms with Gasteiger partial charge in [0, 0.05) is 18.5 Å². The monoisotopic (exact) mass is 286 g/mol. The highest BCUT2D eigenvalue weighted by molar-refractivity contribution is 5.98. The summed E-state index contributed by atoms with van der Waals surface area (Å²) in [5, 5.41) is 3.37. The van der Waals surface area contributed by atoms with Crippen molar-refractivity contribution in [1.82, 2.24) is 10.2 Å². The molecule has 1 aromatic carbocycles. The van der Waals surface area contributed by atoms with Crippen molar-refractivity contribution < 1.29 is 14.0 Å². The lowest BCUT2D eigenvalue weighted by Gasteiger charge is -2.18. The molecule has 2 amide bonds. The van der Waals surface area contributed by atoms with Crippen molar-refractivity contribution in [2.45, 2.75) is 6.42 Å². The van der Waals surface area contributed by atoms with Crippen LogP contribution in [0, 0.1) is 0 Å². The summed E-state index contributed by atoms with van der Waals surface area (Å²) in [5.41, 5.74) is -0.278. The second kappa shape index (κ2) is 5.40. The van der Waals surface area contributed by atoms with E-state index < -0.39 is 11.5 Å². The average Bonchev–Trinajstić information content (AvgIpc) is 2.70. The van der Waals surface area contributed by atoms with Gasteiger partial charge in [0.2, 0.25) is 5.91 Å². The van der Waals surface area contributed by atoms with E-state index >= 15 is 0 Å². The zero-order valence-corrected chi connectivity index (χ0v) is 11.3. The number of para-hydroxylation sites is 1. The summed E-state index contributed by atoms with van der Waals surface area (Å²) in [4.78, 5) is 37.3. The molecule has 0 spiro atoms. The molecule has 108 valence electrons. The van der Waals surface area contributed by atoms with Crippen LogP contribution in [0.25, 0.3) is 11.0 Å². The minimum atomic E-state index is -0.677. The van der Waals surface area contributed by atoms with Gasteiger partial charge < -0.3 is 14.6 Å². The summed E-state index contributed by atoms with van der Waals surface area (Å²) in [6.45, 7) is 0.934. The maximum Gasteiger partial charge on any atom is 0.349 e. The first-order valence-electron chi connectivity index (χ1n) is 6.74. The quantitative estimate of drug-likeness (QED) is 0.785. The number of nitrogens with one attached hydrogen (secondary N) is 1. The van der Waals surface area contributed by atoms with Crippen molar-refractivity contribution in [3.63, 3.8) is 0 Å². The van der Waals surface area contributed by atoms with Crippen molar-refractivity contribution in [2.24, 2.45) is 0 Å². The van der Waals surface area contributed by atoms with E-state index in [4.69, 9.17) is 4.42 Å². The van der Waals surface area contributed by atoms with Gasteiger partial charge in [0.1, 0.15) is 11.1 Å². The molecule has 0 aliphatic carbocycles. The van der Waals surface area contributed by atoms with E-state index in [-0.39, 0.29) is 18.0 Å². The van der Waals surface area contributed by atoms with E-state index in [9.17, 15) is 14.4 Å². The molecule has 1 aromatic heterocycles. The summed E-state index contributed by atoms with van der Waals surface area (Å²) in [5.74, 6) is -0.683. The summed E-state index contributed by atoms with van der Waals surface area (Å²) < 4.78 is 5.16. The van der Waals surface area contributed by atoms with Crippen LogP contribution in [0.15, 0.2) is 39.5 Å². The van der Waals surface area contributed by atoms with E-state index in [1.165, 1.54) is 11.0 Å². The standard InChI is InChI=1S/C15H14N2O4/c18-13-9-17(7-3-6-16-13)14(19)11-8-10-4-1-2-5-12(10)21-15(11)20/h1-2,4-5,8H,3,6-7,9H2,(H,16,18). The Kier molecular flexibility index (Phi) is 3.43. The number of fused-ring (bicyclic) bond motifs is 1. The zero-order chi connectivity index (χ0) is 14.8. The summed E-state index contributed by atoms with van der Waals surface area (Å²) in [6.07, 6.45) is 0.663. The number of carbonyl (C=O) groups excluding carboxylic acids is 2. The number of benzene rings is 1. The van der Waals surface area contributed by atoms with Crippen LogP contribution < -0.4 is 10.9 Å². The van der Waals surface area contributed by atoms with Crippen LogP contribution in [0.2, 0.25) is 0 Å². The van der Waals surface area contributed by atoms with E-state index in [0.29, 0.717) is 30.5 Å². The molecule has 0 atom stereocenters. The molecule has 6 nitrogen and oxygen atoms in total. The predicted octanol–water partition coefficient (Wildman–Crippen LogP) is 0.755. The van der Waals surface area contributed by atoms with E-state index in [1.54, 1.807) is 24.3 Å². The highest BCUT2D eigenvalue weighted by Crippen LogP contribution is 2.14. The number of amides is 2. The lowest BCUT2D eigenvalue weighted by molar-refractivity contribution is -0.121. The molecule has 2 heterocycles. The van der Waals surface area contributed by atoms with Crippen LogP contribution in [0.3, 0.4) is 0 Å². The van der Waals surface area contributed by atoms with Crippen LogP contribution in [-0.4, -0.2) is 36.3 Å². The Labute approximate surface area is 120 Å². The van der Waals surface area contributed by atoms with E-state index in [0.717, 1.165) is 0 Å². The Balaban J connectivity index is 1.98. The highest BCUT2D eigenvalue weighted by atomic mass is 16.4. The Morgan fingerprint density at radius 2 is 2.05 bits per heavy atom. The molecular weight excluding hydrogens is 272 g/mol. The van der Waals surface area contributed by atoms with Crippen molar-refractivity contribution in [3.8, 4) is 0 Å². The number of nitrogens with zero attached hydrogens (tertiary/aromatic N) is 1. The van der Waals surface area contributed by atoms with E-state index in [1.807, 2.05) is 0 Å². The summed E-state index contributed by atoms with van der Waals surface area (Å²) >= 11 is 0. The van der Waals surface area contributed by atoms with Gasteiger partial charge in [-0.05, 0) is 18.6 Å². The SMILES string of the molecule is O=C1CN(C(=O)c2cc3ccccc3oc2=O)CCCN1. The lowest BCUT2D eigenvalue weighted by atomic mass is 10.1. The third-order valence-corrected chi connectivity index (χ3v) is 3.42. The number of rotatable bonds is 1. The molecule has 1 fully saturated rings. The van der Waals surface area contributed by atoms with Crippen LogP contribution in [0.1, 0.15) is 16.8 Å². The first kappa shape index (κ1) is 13.4. The van der Waals surface area contributed by atoms with Crippen LogP contribution in [0.4, 0.5) is 0 Å². The molecule has 1 aliphatic rings. The Hall–Kier alpha value is -2.63. The average molecular weight is 286 g/mol. The second-order valence-corrected chi connectivity index (χ2v) is 4.92. The Morgan fingerprint density at radius 3 is 2.90 bits per heavy atom. The molecule has 1 N–H and O–H groups in total. The first-order chi connectivity index (χ1) is 10.1. The molecule has 0 saturated carbocycles. The maximum absolute atomic E-state index is 12.4. The lowest BCUT2D eigenvalue weighted by Crippen LogP contribution is -2.39. The fourth-order valence-corrected chi connectivity index (χ4v) is 2.36. The molecule has 3 rings (SSSR count). The van der Waals surface area contributed by atoms with Gasteiger partial charge in [-0.2, -0.15) is 0 Å². The summed E-state index contributed by atoms with van der Waals surface area (Å²) in [6, 6.07) is 8.52. The largest absolute Gasteiger partial charge is 0.422 e. The zero-order valence-electron chi connectivity index (χ0n) is 11.3. The highest BCUT2D eigenvalue weighted by Gasteiger charge is 2.24. The molecule has 21 heavy (non-hydrogen) atoms. The minimum absolute atomic E-state index is 0.0366. The second-order valence-electron chi connectivity index (χ2n) is 4.92. The van der Waals surface area contributed by atoms with Crippen molar-refractivity contribution in [3.05, 3.63) is 46.3 Å². The van der Waals surface area contributed by atoms with Gasteiger partial charge >= 0.3 is 5.63 Å². The van der Waals surface area contributed by atoms with Gasteiger partial charge in [-0.15, -0.1) is 0 Å². The van der Waals surface area contributed by atoms with Gasteiger partial charge in [-0.3, -0.25) is 9.59 Å². The van der Waals surface area contributed by atoms with Gasteiger partial charge in [-0.25, -0.2) is 4.79 Å². The van der Waals surface area contributed by atoms with Gasteiger partial charge in [0.25, 0.3) is 5.91 Å². The molecule has 2 aromatic rings. The molecule has 1 aliphatic heterocycles. The van der Waals surface area contributed by atoms with Crippen LogP contribution in [-0.2, 0) is 4.79 Å². The molecule has 1 saturated heterocycles. The van der Waals surface area contributed by atoms with Crippen LogP contribution >= 0.6 is 0 Å². The third-order valence-electron chi connectivity index (χ3n) is 3.42. The number of hydrogen-bond donors (Lipinski definition) is 1. The normalized spacial score (nSPS) is 15.6. The Bertz CT molecular complexity index is 766. The topological polar surface area (TPSA) is 79.6 Å². The fourth-order valence-electron chi connectivity index (χ4n) is 2.36. The first-order valence-corrected chi connectivity index (χ1v) is 6.74. The van der Waals surface area contributed by atoms with Crippen LogP contribution in [0.5, 0.6) is 0 Å². The number of hydrogen-bond acceptors (Lipinski definition) is 4. The van der Waals surface area contributed by atoms with Crippen molar-refractivity contribution in [2.75, 3.05) is 19.6 Å². The van der Waals surface area contributed by atoms with Gasteiger partial charge in [0.05, 0.1) is 6.54 Å². The summed E-state index contributed by atoms with van der Waals surface area (Å²) in [7, 11) is 0. The maximum atomic E-state index is 12.4. The van der Waals surface area contributed by atoms with Gasteiger partial charge in [-0.1, -0.05) is 18.2 Å². The predicted molar refractivity (Wildman–Crippen MR) is 76.0 cm³/mol. The molecule has 0 radical (unpaired) electrons.